The summed E-state index contributed by atoms with van der Waals surface area (Å²) in [5.41, 5.74) is 2.40. The maximum Gasteiger partial charge on any atom is 0.326 e. The molecule has 27 heavy (non-hydrogen) atoms. The molecule has 0 saturated heterocycles. The predicted molar refractivity (Wildman–Crippen MR) is 99.9 cm³/mol. The zero-order valence-electron chi connectivity index (χ0n) is 15.4. The van der Waals surface area contributed by atoms with Crippen LogP contribution in [-0.2, 0) is 21.9 Å². The molecule has 1 unspecified atom stereocenters. The van der Waals surface area contributed by atoms with Crippen molar-refractivity contribution in [3.8, 4) is 0 Å². The molecule has 0 bridgehead atoms. The molecule has 0 aliphatic carbocycles. The molecule has 0 fully saturated rings. The van der Waals surface area contributed by atoms with Crippen LogP contribution < -0.4 is 4.72 Å². The molecule has 1 aromatic carbocycles. The Labute approximate surface area is 156 Å². The van der Waals surface area contributed by atoms with Gasteiger partial charge in [-0.05, 0) is 44.5 Å². The van der Waals surface area contributed by atoms with Crippen molar-refractivity contribution in [3.63, 3.8) is 0 Å². The minimum atomic E-state index is -4.14. The van der Waals surface area contributed by atoms with E-state index in [1.54, 1.807) is 58.3 Å². The second-order valence-corrected chi connectivity index (χ2v) is 8.03. The molecule has 0 radical (unpaired) electrons. The molecule has 142 valence electrons. The van der Waals surface area contributed by atoms with Gasteiger partial charge < -0.3 is 5.11 Å². The average molecular weight is 388 g/mol. The number of carboxylic acid groups (broad SMARTS) is 1. The van der Waals surface area contributed by atoms with Crippen LogP contribution in [0.4, 0.5) is 0 Å². The monoisotopic (exact) mass is 388 g/mol. The number of aryl methyl sites for hydroxylation is 3. The normalized spacial score (nSPS) is 13.0. The van der Waals surface area contributed by atoms with E-state index in [-0.39, 0.29) is 4.90 Å². The number of fused-ring (bicyclic) bond motifs is 1. The van der Waals surface area contributed by atoms with Gasteiger partial charge in [-0.3, -0.25) is 14.5 Å². The molecule has 2 aromatic heterocycles. The maximum absolute atomic E-state index is 13.2. The van der Waals surface area contributed by atoms with E-state index in [9.17, 15) is 18.3 Å². The lowest BCUT2D eigenvalue weighted by atomic mass is 10.1. The quantitative estimate of drug-likeness (QED) is 0.691. The van der Waals surface area contributed by atoms with Crippen molar-refractivity contribution in [1.29, 1.82) is 0 Å². The van der Waals surface area contributed by atoms with Crippen molar-refractivity contribution in [2.75, 3.05) is 0 Å². The van der Waals surface area contributed by atoms with E-state index in [2.05, 4.69) is 14.8 Å². The third-order valence-electron chi connectivity index (χ3n) is 4.57. The Morgan fingerprint density at radius 3 is 2.52 bits per heavy atom. The minimum Gasteiger partial charge on any atom is -0.480 e. The van der Waals surface area contributed by atoms with Gasteiger partial charge in [0.1, 0.15) is 6.04 Å². The van der Waals surface area contributed by atoms with Gasteiger partial charge in [0.25, 0.3) is 0 Å². The molecule has 3 rings (SSSR count). The third kappa shape index (κ3) is 3.31. The fourth-order valence-corrected chi connectivity index (χ4v) is 4.85. The molecule has 1 atom stereocenters. The van der Waals surface area contributed by atoms with Gasteiger partial charge in [-0.2, -0.15) is 9.82 Å². The highest BCUT2D eigenvalue weighted by molar-refractivity contribution is 7.89. The van der Waals surface area contributed by atoms with E-state index in [4.69, 9.17) is 0 Å². The molecule has 0 amide bonds. The molecule has 8 nitrogen and oxygen atoms in total. The minimum absolute atomic E-state index is 0.0264. The Morgan fingerprint density at radius 1 is 1.22 bits per heavy atom. The topological polar surface area (TPSA) is 114 Å². The molecule has 0 spiro atoms. The van der Waals surface area contributed by atoms with Gasteiger partial charge in [0.2, 0.25) is 10.0 Å². The number of aliphatic carboxylic acids is 1. The van der Waals surface area contributed by atoms with Crippen molar-refractivity contribution in [2.45, 2.75) is 31.7 Å². The molecule has 3 aromatic rings. The van der Waals surface area contributed by atoms with Crippen molar-refractivity contribution in [3.05, 3.63) is 53.0 Å². The summed E-state index contributed by atoms with van der Waals surface area (Å²) in [5, 5.41) is 14.3. The fraction of sp³-hybridized carbons (Fsp3) is 0.278. The van der Waals surface area contributed by atoms with Crippen LogP contribution in [0.5, 0.6) is 0 Å². The fourth-order valence-electron chi connectivity index (χ4n) is 3.25. The summed E-state index contributed by atoms with van der Waals surface area (Å²) in [7, 11) is -2.46. The lowest BCUT2D eigenvalue weighted by Gasteiger charge is -2.18. The van der Waals surface area contributed by atoms with Gasteiger partial charge in [-0.15, -0.1) is 0 Å². The zero-order chi connectivity index (χ0) is 19.9. The summed E-state index contributed by atoms with van der Waals surface area (Å²) in [6.45, 7) is 5.02. The summed E-state index contributed by atoms with van der Waals surface area (Å²) in [6.07, 6.45) is 1.57. The second kappa shape index (κ2) is 6.75. The van der Waals surface area contributed by atoms with E-state index < -0.39 is 22.0 Å². The van der Waals surface area contributed by atoms with Crippen LogP contribution in [0.15, 0.2) is 35.4 Å². The SMILES string of the molecule is Cc1ccc2ncccc2c1S(=O)(=O)NC(C(=O)O)c1c(C)nn(C)c1C. The summed E-state index contributed by atoms with van der Waals surface area (Å²) in [5.74, 6) is -1.30. The second-order valence-electron chi connectivity index (χ2n) is 6.38. The highest BCUT2D eigenvalue weighted by Gasteiger charge is 2.32. The molecule has 2 N–H and O–H groups in total. The first-order valence-electron chi connectivity index (χ1n) is 8.23. The lowest BCUT2D eigenvalue weighted by molar-refractivity contribution is -0.139. The van der Waals surface area contributed by atoms with Gasteiger partial charge in [-0.1, -0.05) is 6.07 Å². The van der Waals surface area contributed by atoms with Crippen molar-refractivity contribution in [2.24, 2.45) is 7.05 Å². The summed E-state index contributed by atoms with van der Waals surface area (Å²) in [4.78, 5) is 16.1. The zero-order valence-corrected chi connectivity index (χ0v) is 16.2. The molecule has 0 aliphatic heterocycles. The Balaban J connectivity index is 2.15. The van der Waals surface area contributed by atoms with E-state index in [1.807, 2.05) is 0 Å². The number of sulfonamides is 1. The summed E-state index contributed by atoms with van der Waals surface area (Å²) in [6, 6.07) is 5.23. The van der Waals surface area contributed by atoms with Crippen LogP contribution in [0, 0.1) is 20.8 Å². The summed E-state index contributed by atoms with van der Waals surface area (Å²) < 4.78 is 30.2. The standard InChI is InChI=1S/C18H20N4O4S/c1-10-7-8-14-13(6-5-9-19-14)17(10)27(25,26)21-16(18(23)24)15-11(2)20-22(4)12(15)3/h5-9,16,21H,1-4H3,(H,23,24). The van der Waals surface area contributed by atoms with Crippen molar-refractivity contribution >= 4 is 26.9 Å². The highest BCUT2D eigenvalue weighted by Crippen LogP contribution is 2.28. The number of carboxylic acids is 1. The number of hydrogen-bond acceptors (Lipinski definition) is 5. The van der Waals surface area contributed by atoms with E-state index >= 15 is 0 Å². The van der Waals surface area contributed by atoms with Crippen LogP contribution in [0.2, 0.25) is 0 Å². The number of aromatic nitrogens is 3. The van der Waals surface area contributed by atoms with Crippen LogP contribution >= 0.6 is 0 Å². The van der Waals surface area contributed by atoms with Gasteiger partial charge in [0.05, 0.1) is 16.1 Å². The number of hydrogen-bond donors (Lipinski definition) is 2. The molecule has 0 saturated carbocycles. The first kappa shape index (κ1) is 19.0. The first-order chi connectivity index (χ1) is 12.6. The van der Waals surface area contributed by atoms with Crippen LogP contribution in [0.3, 0.4) is 0 Å². The Kier molecular flexibility index (Phi) is 4.75. The number of rotatable bonds is 5. The highest BCUT2D eigenvalue weighted by atomic mass is 32.2. The molecule has 9 heteroatoms. The molecule has 2 heterocycles. The number of nitrogens with zero attached hydrogens (tertiary/aromatic N) is 3. The number of carbonyl (C=O) groups is 1. The Bertz CT molecular complexity index is 1150. The number of nitrogens with one attached hydrogen (secondary N) is 1. The smallest absolute Gasteiger partial charge is 0.326 e. The summed E-state index contributed by atoms with van der Waals surface area (Å²) >= 11 is 0. The van der Waals surface area contributed by atoms with Crippen molar-refractivity contribution in [1.82, 2.24) is 19.5 Å². The van der Waals surface area contributed by atoms with Crippen LogP contribution in [0.25, 0.3) is 10.9 Å². The molecule has 0 aliphatic rings. The molecular weight excluding hydrogens is 368 g/mol. The van der Waals surface area contributed by atoms with E-state index in [0.717, 1.165) is 0 Å². The van der Waals surface area contributed by atoms with Crippen LogP contribution in [0.1, 0.15) is 28.6 Å². The predicted octanol–water partition coefficient (Wildman–Crippen LogP) is 2.00. The number of pyridine rings is 1. The number of benzene rings is 1. The van der Waals surface area contributed by atoms with E-state index in [0.29, 0.717) is 33.4 Å². The van der Waals surface area contributed by atoms with Gasteiger partial charge >= 0.3 is 5.97 Å². The average Bonchev–Trinajstić information content (AvgIpc) is 2.84. The lowest BCUT2D eigenvalue weighted by Crippen LogP contribution is -2.35. The Hall–Kier alpha value is -2.78. The largest absolute Gasteiger partial charge is 0.480 e. The van der Waals surface area contributed by atoms with Gasteiger partial charge in [-0.25, -0.2) is 8.42 Å². The third-order valence-corrected chi connectivity index (χ3v) is 6.20. The van der Waals surface area contributed by atoms with Gasteiger partial charge in [0, 0.05) is 29.9 Å². The van der Waals surface area contributed by atoms with Gasteiger partial charge in [0.15, 0.2) is 0 Å². The van der Waals surface area contributed by atoms with Crippen LogP contribution in [-0.4, -0.2) is 34.3 Å². The maximum atomic E-state index is 13.2. The van der Waals surface area contributed by atoms with E-state index in [1.165, 1.54) is 4.68 Å². The Morgan fingerprint density at radius 2 is 1.93 bits per heavy atom. The van der Waals surface area contributed by atoms with Crippen molar-refractivity contribution < 1.29 is 18.3 Å². The molecular formula is C18H20N4O4S. The first-order valence-corrected chi connectivity index (χ1v) is 9.71.